The second-order valence-corrected chi connectivity index (χ2v) is 5.57. The van der Waals surface area contributed by atoms with Crippen molar-refractivity contribution >= 4 is 5.96 Å². The van der Waals surface area contributed by atoms with Crippen molar-refractivity contribution in [2.24, 2.45) is 4.99 Å². The van der Waals surface area contributed by atoms with Crippen molar-refractivity contribution in [2.45, 2.75) is 20.1 Å². The van der Waals surface area contributed by atoms with Gasteiger partial charge in [0.05, 0.1) is 13.2 Å². The molecular weight excluding hydrogens is 368 g/mol. The van der Waals surface area contributed by atoms with Crippen LogP contribution in [0.5, 0.6) is 17.2 Å². The highest BCUT2D eigenvalue weighted by atomic mass is 19.3. The molecule has 2 aromatic rings. The minimum absolute atomic E-state index is 0.0229. The predicted octanol–water partition coefficient (Wildman–Crippen LogP) is 3.43. The van der Waals surface area contributed by atoms with Gasteiger partial charge in [0, 0.05) is 19.2 Å². The van der Waals surface area contributed by atoms with Crippen LogP contribution >= 0.6 is 0 Å². The van der Waals surface area contributed by atoms with Crippen molar-refractivity contribution in [3.8, 4) is 17.2 Å². The van der Waals surface area contributed by atoms with E-state index in [2.05, 4.69) is 20.4 Å². The van der Waals surface area contributed by atoms with E-state index in [4.69, 9.17) is 9.47 Å². The summed E-state index contributed by atoms with van der Waals surface area (Å²) in [6.07, 6.45) is 0. The van der Waals surface area contributed by atoms with Gasteiger partial charge in [-0.15, -0.1) is 0 Å². The van der Waals surface area contributed by atoms with E-state index in [0.717, 1.165) is 5.75 Å². The molecule has 0 heterocycles. The molecule has 0 bridgehead atoms. The Morgan fingerprint density at radius 2 is 1.82 bits per heavy atom. The van der Waals surface area contributed by atoms with Gasteiger partial charge in [0.25, 0.3) is 0 Å². The summed E-state index contributed by atoms with van der Waals surface area (Å²) in [4.78, 5) is 4.12. The van der Waals surface area contributed by atoms with E-state index in [-0.39, 0.29) is 18.0 Å². The van der Waals surface area contributed by atoms with E-state index in [1.165, 1.54) is 0 Å². The number of benzene rings is 2. The first-order valence-electron chi connectivity index (χ1n) is 8.96. The molecule has 2 aromatic carbocycles. The van der Waals surface area contributed by atoms with Gasteiger partial charge in [-0.3, -0.25) is 4.99 Å². The van der Waals surface area contributed by atoms with Crippen LogP contribution in [0.1, 0.15) is 12.5 Å². The van der Waals surface area contributed by atoms with Crippen LogP contribution < -0.4 is 24.8 Å². The number of halogens is 2. The molecule has 0 saturated carbocycles. The monoisotopic (exact) mass is 393 g/mol. The van der Waals surface area contributed by atoms with Gasteiger partial charge in [-0.1, -0.05) is 30.3 Å². The number of hydrogen-bond acceptors (Lipinski definition) is 4. The Hall–Kier alpha value is -3.03. The third-order valence-corrected chi connectivity index (χ3v) is 3.64. The molecule has 0 saturated heterocycles. The average Bonchev–Trinajstić information content (AvgIpc) is 2.70. The van der Waals surface area contributed by atoms with E-state index < -0.39 is 6.61 Å². The number of nitrogens with one attached hydrogen (secondary N) is 2. The maximum atomic E-state index is 12.8. The first kappa shape index (κ1) is 21.3. The summed E-state index contributed by atoms with van der Waals surface area (Å²) in [5.74, 6) is 1.60. The Kier molecular flexibility index (Phi) is 8.84. The fourth-order valence-electron chi connectivity index (χ4n) is 2.45. The molecule has 0 atom stereocenters. The molecule has 2 rings (SSSR count). The molecule has 2 N–H and O–H groups in total. The highest BCUT2D eigenvalue weighted by molar-refractivity contribution is 5.79. The molecule has 0 unspecified atom stereocenters. The van der Waals surface area contributed by atoms with Crippen molar-refractivity contribution in [1.29, 1.82) is 0 Å². The lowest BCUT2D eigenvalue weighted by Gasteiger charge is -2.17. The predicted molar refractivity (Wildman–Crippen MR) is 104 cm³/mol. The lowest BCUT2D eigenvalue weighted by molar-refractivity contribution is -0.0520. The van der Waals surface area contributed by atoms with Crippen LogP contribution in [0.15, 0.2) is 53.5 Å². The number of para-hydroxylation sites is 2. The zero-order valence-electron chi connectivity index (χ0n) is 16.0. The Bertz CT molecular complexity index is 743. The van der Waals surface area contributed by atoms with Gasteiger partial charge >= 0.3 is 6.61 Å². The van der Waals surface area contributed by atoms with Crippen LogP contribution in [0.2, 0.25) is 0 Å². The number of nitrogens with zero attached hydrogens (tertiary/aromatic N) is 1. The average molecular weight is 393 g/mol. The molecule has 0 aliphatic heterocycles. The summed E-state index contributed by atoms with van der Waals surface area (Å²) in [6, 6.07) is 14.5. The number of guanidine groups is 1. The molecule has 28 heavy (non-hydrogen) atoms. The third kappa shape index (κ3) is 6.94. The second kappa shape index (κ2) is 11.6. The van der Waals surface area contributed by atoms with Crippen LogP contribution in [0.25, 0.3) is 0 Å². The molecule has 152 valence electrons. The molecule has 6 nitrogen and oxygen atoms in total. The molecule has 0 spiro atoms. The fraction of sp³-hybridized carbons (Fsp3) is 0.350. The summed E-state index contributed by atoms with van der Waals surface area (Å²) >= 11 is 0. The number of rotatable bonds is 10. The number of alkyl halides is 2. The van der Waals surface area contributed by atoms with E-state index in [1.807, 2.05) is 30.3 Å². The highest BCUT2D eigenvalue weighted by Gasteiger charge is 2.15. The van der Waals surface area contributed by atoms with Crippen LogP contribution in [0.4, 0.5) is 8.78 Å². The van der Waals surface area contributed by atoms with Crippen LogP contribution in [-0.4, -0.2) is 39.4 Å². The maximum absolute atomic E-state index is 12.8. The summed E-state index contributed by atoms with van der Waals surface area (Å²) in [7, 11) is 1.63. The van der Waals surface area contributed by atoms with Crippen molar-refractivity contribution in [3.63, 3.8) is 0 Å². The fourth-order valence-corrected chi connectivity index (χ4v) is 2.45. The second-order valence-electron chi connectivity index (χ2n) is 5.57. The topological polar surface area (TPSA) is 64.1 Å². The number of aliphatic imine (C=N–C) groups is 1. The molecule has 0 amide bonds. The normalized spacial score (nSPS) is 11.2. The van der Waals surface area contributed by atoms with Gasteiger partial charge < -0.3 is 24.8 Å². The van der Waals surface area contributed by atoms with Crippen molar-refractivity contribution in [3.05, 3.63) is 54.1 Å². The van der Waals surface area contributed by atoms with E-state index in [0.29, 0.717) is 31.3 Å². The molecule has 0 aliphatic carbocycles. The molecule has 0 aromatic heterocycles. The Morgan fingerprint density at radius 1 is 1.04 bits per heavy atom. The van der Waals surface area contributed by atoms with E-state index in [1.54, 1.807) is 32.2 Å². The lowest BCUT2D eigenvalue weighted by Crippen LogP contribution is -2.39. The largest absolute Gasteiger partial charge is 0.492 e. The van der Waals surface area contributed by atoms with Gasteiger partial charge in [-0.05, 0) is 25.1 Å². The lowest BCUT2D eigenvalue weighted by atomic mass is 10.2. The highest BCUT2D eigenvalue weighted by Crippen LogP contribution is 2.32. The summed E-state index contributed by atoms with van der Waals surface area (Å²) in [6.45, 7) is 0.398. The van der Waals surface area contributed by atoms with E-state index >= 15 is 0 Å². The maximum Gasteiger partial charge on any atom is 0.387 e. The third-order valence-electron chi connectivity index (χ3n) is 3.64. The van der Waals surface area contributed by atoms with Crippen LogP contribution in [-0.2, 0) is 6.54 Å². The van der Waals surface area contributed by atoms with Crippen molar-refractivity contribution in [2.75, 3.05) is 26.8 Å². The molecular formula is C20H25F2N3O3. The Morgan fingerprint density at radius 3 is 2.50 bits per heavy atom. The van der Waals surface area contributed by atoms with Crippen LogP contribution in [0.3, 0.4) is 0 Å². The molecule has 0 fully saturated rings. The Balaban J connectivity index is 1.89. The van der Waals surface area contributed by atoms with Crippen LogP contribution in [0, 0.1) is 0 Å². The quantitative estimate of drug-likeness (QED) is 0.368. The van der Waals surface area contributed by atoms with Gasteiger partial charge in [-0.25, -0.2) is 0 Å². The Labute approximate surface area is 163 Å². The van der Waals surface area contributed by atoms with Gasteiger partial charge in [0.15, 0.2) is 17.5 Å². The minimum Gasteiger partial charge on any atom is -0.492 e. The summed E-state index contributed by atoms with van der Waals surface area (Å²) < 4.78 is 41.2. The van der Waals surface area contributed by atoms with Gasteiger partial charge in [0.2, 0.25) is 0 Å². The zero-order chi connectivity index (χ0) is 20.2. The molecule has 0 aliphatic rings. The SMILES string of the molecule is CCOc1cccc(CNC(=NC)NCCOc2ccccc2)c1OC(F)F. The van der Waals surface area contributed by atoms with Crippen molar-refractivity contribution < 1.29 is 23.0 Å². The number of hydrogen-bond donors (Lipinski definition) is 2. The van der Waals surface area contributed by atoms with E-state index in [9.17, 15) is 8.78 Å². The smallest absolute Gasteiger partial charge is 0.387 e. The zero-order valence-corrected chi connectivity index (χ0v) is 16.0. The minimum atomic E-state index is -2.94. The molecule has 0 radical (unpaired) electrons. The first-order chi connectivity index (χ1) is 13.6. The van der Waals surface area contributed by atoms with Gasteiger partial charge in [0.1, 0.15) is 12.4 Å². The van der Waals surface area contributed by atoms with Crippen molar-refractivity contribution in [1.82, 2.24) is 10.6 Å². The molecule has 8 heteroatoms. The summed E-state index contributed by atoms with van der Waals surface area (Å²) in [5.41, 5.74) is 0.537. The number of ether oxygens (including phenoxy) is 3. The summed E-state index contributed by atoms with van der Waals surface area (Å²) in [5, 5.41) is 6.17. The standard InChI is InChI=1S/C20H25F2N3O3/c1-3-26-17-11-7-8-15(18(17)28-19(21)22)14-25-20(23-2)24-12-13-27-16-9-5-4-6-10-16/h4-11,19H,3,12-14H2,1-2H3,(H2,23,24,25). The first-order valence-corrected chi connectivity index (χ1v) is 8.96. The van der Waals surface area contributed by atoms with Gasteiger partial charge in [-0.2, -0.15) is 8.78 Å².